The van der Waals surface area contributed by atoms with Crippen LogP contribution in [0.3, 0.4) is 0 Å². The molecule has 148 valence electrons. The Hall–Kier alpha value is -3.85. The van der Waals surface area contributed by atoms with E-state index < -0.39 is 5.97 Å². The molecule has 0 saturated heterocycles. The minimum absolute atomic E-state index is 0.396. The van der Waals surface area contributed by atoms with Crippen LogP contribution in [0, 0.1) is 6.92 Å². The number of rotatable bonds is 5. The minimum atomic E-state index is -0.398. The van der Waals surface area contributed by atoms with Crippen LogP contribution in [0.2, 0.25) is 0 Å². The van der Waals surface area contributed by atoms with Gasteiger partial charge in [-0.05, 0) is 52.6 Å². The first-order valence-corrected chi connectivity index (χ1v) is 9.77. The van der Waals surface area contributed by atoms with Crippen LogP contribution in [0.15, 0.2) is 84.9 Å². The van der Waals surface area contributed by atoms with E-state index >= 15 is 0 Å². The van der Waals surface area contributed by atoms with Crippen molar-refractivity contribution in [3.8, 4) is 11.5 Å². The zero-order valence-corrected chi connectivity index (χ0v) is 17.0. The van der Waals surface area contributed by atoms with Crippen molar-refractivity contribution in [2.24, 2.45) is 0 Å². The van der Waals surface area contributed by atoms with Crippen LogP contribution >= 0.6 is 0 Å². The summed E-state index contributed by atoms with van der Waals surface area (Å²) in [5.74, 6) is 0.510. The summed E-state index contributed by atoms with van der Waals surface area (Å²) in [5, 5.41) is 2.41. The van der Waals surface area contributed by atoms with E-state index in [2.05, 4.69) is 36.4 Å². The van der Waals surface area contributed by atoms with Gasteiger partial charge in [0.25, 0.3) is 0 Å². The van der Waals surface area contributed by atoms with Crippen LogP contribution in [0.5, 0.6) is 11.5 Å². The highest BCUT2D eigenvalue weighted by molar-refractivity contribution is 5.94. The average Bonchev–Trinajstić information content (AvgIpc) is 2.78. The molecule has 0 aromatic heterocycles. The van der Waals surface area contributed by atoms with E-state index in [-0.39, 0.29) is 0 Å². The van der Waals surface area contributed by atoms with Gasteiger partial charge in [0, 0.05) is 0 Å². The van der Waals surface area contributed by atoms with Crippen molar-refractivity contribution >= 4 is 28.9 Å². The first-order valence-electron chi connectivity index (χ1n) is 9.77. The molecule has 0 atom stereocenters. The predicted octanol–water partition coefficient (Wildman–Crippen LogP) is 6.55. The molecule has 4 aromatic rings. The Labute approximate surface area is 176 Å². The van der Waals surface area contributed by atoms with Gasteiger partial charge in [-0.15, -0.1) is 0 Å². The highest BCUT2D eigenvalue weighted by Gasteiger charge is 2.14. The lowest BCUT2D eigenvalue weighted by Crippen LogP contribution is -2.10. The number of esters is 1. The number of ether oxygens (including phenoxy) is 2. The molecule has 4 rings (SSSR count). The monoisotopic (exact) mass is 394 g/mol. The summed E-state index contributed by atoms with van der Waals surface area (Å²) in [6, 6.07) is 27.4. The van der Waals surface area contributed by atoms with Crippen LogP contribution in [0.4, 0.5) is 0 Å². The van der Waals surface area contributed by atoms with Crippen LogP contribution in [0.25, 0.3) is 22.9 Å². The quantitative estimate of drug-likeness (QED) is 0.219. The van der Waals surface area contributed by atoms with E-state index in [9.17, 15) is 4.79 Å². The molecule has 3 nitrogen and oxygen atoms in total. The smallest absolute Gasteiger partial charge is 0.343 e. The van der Waals surface area contributed by atoms with Crippen molar-refractivity contribution in [2.45, 2.75) is 6.92 Å². The van der Waals surface area contributed by atoms with Crippen LogP contribution in [-0.4, -0.2) is 13.1 Å². The molecular formula is C27H22O3. The Morgan fingerprint density at radius 1 is 0.800 bits per heavy atom. The summed E-state index contributed by atoms with van der Waals surface area (Å²) in [4.78, 5) is 12.5. The summed E-state index contributed by atoms with van der Waals surface area (Å²) in [7, 11) is 1.57. The summed E-state index contributed by atoms with van der Waals surface area (Å²) >= 11 is 0. The molecule has 4 aromatic carbocycles. The Balaban J connectivity index is 1.58. The Bertz CT molecular complexity index is 1230. The molecule has 0 spiro atoms. The fourth-order valence-corrected chi connectivity index (χ4v) is 3.41. The number of benzene rings is 4. The zero-order valence-electron chi connectivity index (χ0n) is 17.0. The first kappa shape index (κ1) is 19.5. The number of hydrogen-bond donors (Lipinski definition) is 0. The summed E-state index contributed by atoms with van der Waals surface area (Å²) < 4.78 is 11.1. The van der Waals surface area contributed by atoms with E-state index in [1.54, 1.807) is 19.2 Å². The number of carbonyl (C=O) groups excluding carboxylic acids is 1. The van der Waals surface area contributed by atoms with Crippen molar-refractivity contribution in [3.63, 3.8) is 0 Å². The average molecular weight is 394 g/mol. The lowest BCUT2D eigenvalue weighted by atomic mass is 10.0. The molecule has 0 aliphatic heterocycles. The van der Waals surface area contributed by atoms with Gasteiger partial charge in [0.15, 0.2) is 11.5 Å². The Morgan fingerprint density at radius 2 is 1.57 bits per heavy atom. The Kier molecular flexibility index (Phi) is 5.62. The van der Waals surface area contributed by atoms with Gasteiger partial charge in [-0.3, -0.25) is 0 Å². The largest absolute Gasteiger partial charge is 0.493 e. The minimum Gasteiger partial charge on any atom is -0.493 e. The third-order valence-electron chi connectivity index (χ3n) is 5.03. The Morgan fingerprint density at radius 3 is 2.40 bits per heavy atom. The van der Waals surface area contributed by atoms with Crippen molar-refractivity contribution in [3.05, 3.63) is 107 Å². The second-order valence-electron chi connectivity index (χ2n) is 7.02. The lowest BCUT2D eigenvalue weighted by molar-refractivity contribution is 0.0729. The van der Waals surface area contributed by atoms with E-state index in [4.69, 9.17) is 9.47 Å². The first-order chi connectivity index (χ1) is 14.7. The van der Waals surface area contributed by atoms with Crippen LogP contribution in [-0.2, 0) is 0 Å². The van der Waals surface area contributed by atoms with Crippen molar-refractivity contribution in [1.82, 2.24) is 0 Å². The van der Waals surface area contributed by atoms with Crippen molar-refractivity contribution in [1.29, 1.82) is 0 Å². The van der Waals surface area contributed by atoms with Crippen molar-refractivity contribution in [2.75, 3.05) is 7.11 Å². The number of aryl methyl sites for hydroxylation is 1. The van der Waals surface area contributed by atoms with Crippen LogP contribution in [0.1, 0.15) is 27.0 Å². The molecule has 0 unspecified atom stereocenters. The fraction of sp³-hybridized carbons (Fsp3) is 0.0741. The van der Waals surface area contributed by atoms with Gasteiger partial charge < -0.3 is 9.47 Å². The summed E-state index contributed by atoms with van der Waals surface area (Å²) in [6.45, 7) is 1.88. The van der Waals surface area contributed by atoms with Crippen LogP contribution < -0.4 is 9.47 Å². The van der Waals surface area contributed by atoms with E-state index in [1.165, 1.54) is 10.8 Å². The topological polar surface area (TPSA) is 35.5 Å². The number of carbonyl (C=O) groups is 1. The van der Waals surface area contributed by atoms with Gasteiger partial charge in [0.05, 0.1) is 12.7 Å². The van der Waals surface area contributed by atoms with Gasteiger partial charge in [-0.1, -0.05) is 78.9 Å². The molecule has 0 heterocycles. The molecule has 0 amide bonds. The molecule has 0 radical (unpaired) electrons. The molecular weight excluding hydrogens is 372 g/mol. The fourth-order valence-electron chi connectivity index (χ4n) is 3.41. The highest BCUT2D eigenvalue weighted by atomic mass is 16.6. The molecule has 3 heteroatoms. The number of hydrogen-bond acceptors (Lipinski definition) is 3. The maximum absolute atomic E-state index is 12.5. The maximum Gasteiger partial charge on any atom is 0.343 e. The maximum atomic E-state index is 12.5. The molecule has 0 fully saturated rings. The number of fused-ring (bicyclic) bond motifs is 1. The van der Waals surface area contributed by atoms with Gasteiger partial charge >= 0.3 is 5.97 Å². The zero-order chi connectivity index (χ0) is 20.9. The van der Waals surface area contributed by atoms with Gasteiger partial charge in [-0.2, -0.15) is 0 Å². The number of methoxy groups -OCH3 is 1. The standard InChI is InChI=1S/C27H22O3/c1-19-8-3-5-12-23(19)27(28)30-25-17-15-20(18-26(25)29-2)14-16-22-11-7-10-21-9-4-6-13-24(21)22/h3-18H,1-2H3. The molecule has 0 N–H and O–H groups in total. The van der Waals surface area contributed by atoms with E-state index in [1.807, 2.05) is 55.5 Å². The van der Waals surface area contributed by atoms with E-state index in [0.717, 1.165) is 16.7 Å². The third kappa shape index (κ3) is 4.11. The second kappa shape index (κ2) is 8.66. The normalized spacial score (nSPS) is 11.0. The molecule has 0 aliphatic carbocycles. The van der Waals surface area contributed by atoms with Gasteiger partial charge in [0.1, 0.15) is 0 Å². The summed E-state index contributed by atoms with van der Waals surface area (Å²) in [5.41, 5.74) is 3.51. The lowest BCUT2D eigenvalue weighted by Gasteiger charge is -2.11. The van der Waals surface area contributed by atoms with Gasteiger partial charge in [0.2, 0.25) is 0 Å². The van der Waals surface area contributed by atoms with E-state index in [0.29, 0.717) is 17.1 Å². The summed E-state index contributed by atoms with van der Waals surface area (Å²) in [6.07, 6.45) is 4.10. The third-order valence-corrected chi connectivity index (χ3v) is 5.03. The predicted molar refractivity (Wildman–Crippen MR) is 122 cm³/mol. The second-order valence-corrected chi connectivity index (χ2v) is 7.02. The molecule has 0 aliphatic rings. The van der Waals surface area contributed by atoms with Gasteiger partial charge in [-0.25, -0.2) is 4.79 Å². The molecule has 0 saturated carbocycles. The molecule has 0 bridgehead atoms. The van der Waals surface area contributed by atoms with Crippen molar-refractivity contribution < 1.29 is 14.3 Å². The molecule has 30 heavy (non-hydrogen) atoms. The highest BCUT2D eigenvalue weighted by Crippen LogP contribution is 2.30. The SMILES string of the molecule is COc1cc(C=Cc2cccc3ccccc23)ccc1OC(=O)c1ccccc1C.